The topological polar surface area (TPSA) is 93.3 Å². The van der Waals surface area contributed by atoms with Crippen LogP contribution in [0.25, 0.3) is 0 Å². The smallest absolute Gasteiger partial charge is 0.338 e. The van der Waals surface area contributed by atoms with Gasteiger partial charge >= 0.3 is 5.97 Å². The number of benzene rings is 1. The third-order valence-corrected chi connectivity index (χ3v) is 3.72. The fraction of sp³-hybridized carbons (Fsp3) is 0.0769. The van der Waals surface area contributed by atoms with E-state index in [1.54, 1.807) is 6.92 Å². The second-order valence-corrected chi connectivity index (χ2v) is 5.18. The lowest BCUT2D eigenvalue weighted by molar-refractivity contribution is -0.385. The zero-order chi connectivity index (χ0) is 15.6. The van der Waals surface area contributed by atoms with Crippen molar-refractivity contribution < 1.29 is 19.2 Å². The fourth-order valence-corrected chi connectivity index (χ4v) is 2.46. The van der Waals surface area contributed by atoms with Gasteiger partial charge in [0, 0.05) is 11.0 Å². The van der Waals surface area contributed by atoms with Gasteiger partial charge in [0.05, 0.1) is 10.5 Å². The molecule has 1 aromatic heterocycles. The van der Waals surface area contributed by atoms with Gasteiger partial charge in [0.2, 0.25) is 0 Å². The largest absolute Gasteiger partial charge is 0.478 e. The van der Waals surface area contributed by atoms with E-state index >= 15 is 0 Å². The average molecular weight is 308 g/mol. The Labute approximate surface area is 122 Å². The first-order valence-corrected chi connectivity index (χ1v) is 6.52. The van der Waals surface area contributed by atoms with Crippen molar-refractivity contribution in [2.45, 2.75) is 16.8 Å². The molecule has 0 amide bonds. The molecule has 2 rings (SSSR count). The second-order valence-electron chi connectivity index (χ2n) is 4.12. The molecule has 1 heterocycles. The van der Waals surface area contributed by atoms with Crippen molar-refractivity contribution in [2.75, 3.05) is 0 Å². The number of nitrogens with zero attached hydrogens (tertiary/aromatic N) is 2. The molecule has 0 aliphatic carbocycles. The number of pyridine rings is 1. The van der Waals surface area contributed by atoms with E-state index in [4.69, 9.17) is 5.11 Å². The van der Waals surface area contributed by atoms with Crippen LogP contribution in [0.1, 0.15) is 15.9 Å². The molecule has 1 N–H and O–H groups in total. The minimum atomic E-state index is -1.36. The average Bonchev–Trinajstić information content (AvgIpc) is 2.42. The van der Waals surface area contributed by atoms with E-state index in [0.29, 0.717) is 15.5 Å². The van der Waals surface area contributed by atoms with Gasteiger partial charge in [0.25, 0.3) is 5.69 Å². The summed E-state index contributed by atoms with van der Waals surface area (Å²) in [5.41, 5.74) is 0.0251. The van der Waals surface area contributed by atoms with Crippen LogP contribution in [-0.4, -0.2) is 21.0 Å². The highest BCUT2D eigenvalue weighted by Crippen LogP contribution is 2.31. The van der Waals surface area contributed by atoms with Crippen LogP contribution in [0.5, 0.6) is 0 Å². The highest BCUT2D eigenvalue weighted by atomic mass is 32.2. The standard InChI is InChI=1S/C13H9FN2O4S/c1-7-4-8(16(19)20)6-15-12(7)21-9-2-3-11(14)10(5-9)13(17)18/h2-6H,1H3,(H,17,18). The Morgan fingerprint density at radius 1 is 1.43 bits per heavy atom. The van der Waals surface area contributed by atoms with E-state index in [9.17, 15) is 19.3 Å². The van der Waals surface area contributed by atoms with Crippen LogP contribution in [0, 0.1) is 22.9 Å². The molecule has 1 aromatic carbocycles. The predicted molar refractivity (Wildman–Crippen MR) is 73.1 cm³/mol. The summed E-state index contributed by atoms with van der Waals surface area (Å²) in [7, 11) is 0. The second kappa shape index (κ2) is 5.88. The van der Waals surface area contributed by atoms with Gasteiger partial charge in [-0.15, -0.1) is 0 Å². The number of carbonyl (C=O) groups is 1. The number of hydrogen-bond donors (Lipinski definition) is 1. The summed E-state index contributed by atoms with van der Waals surface area (Å²) in [6.45, 7) is 1.66. The van der Waals surface area contributed by atoms with E-state index < -0.39 is 22.3 Å². The molecule has 2 aromatic rings. The Morgan fingerprint density at radius 3 is 2.71 bits per heavy atom. The first kappa shape index (κ1) is 14.9. The van der Waals surface area contributed by atoms with Gasteiger partial charge in [-0.3, -0.25) is 10.1 Å². The molecular weight excluding hydrogens is 299 g/mol. The molecule has 0 unspecified atom stereocenters. The van der Waals surface area contributed by atoms with Crippen molar-refractivity contribution in [3.05, 3.63) is 57.5 Å². The van der Waals surface area contributed by atoms with E-state index in [2.05, 4.69) is 4.98 Å². The Balaban J connectivity index is 2.32. The van der Waals surface area contributed by atoms with Crippen molar-refractivity contribution >= 4 is 23.4 Å². The molecule has 21 heavy (non-hydrogen) atoms. The summed E-state index contributed by atoms with van der Waals surface area (Å²) in [5, 5.41) is 20.0. The van der Waals surface area contributed by atoms with Crippen LogP contribution in [0.15, 0.2) is 40.4 Å². The van der Waals surface area contributed by atoms with Gasteiger partial charge in [-0.2, -0.15) is 0 Å². The highest BCUT2D eigenvalue weighted by Gasteiger charge is 2.14. The number of carboxylic acid groups (broad SMARTS) is 1. The van der Waals surface area contributed by atoms with Gasteiger partial charge < -0.3 is 5.11 Å². The highest BCUT2D eigenvalue weighted by molar-refractivity contribution is 7.99. The maximum absolute atomic E-state index is 13.3. The lowest BCUT2D eigenvalue weighted by Crippen LogP contribution is -2.00. The third-order valence-electron chi connectivity index (χ3n) is 2.61. The van der Waals surface area contributed by atoms with Crippen LogP contribution in [0.2, 0.25) is 0 Å². The summed E-state index contributed by atoms with van der Waals surface area (Å²) in [6.07, 6.45) is 1.12. The van der Waals surface area contributed by atoms with E-state index in [-0.39, 0.29) is 5.69 Å². The Hall–Kier alpha value is -2.48. The molecule has 6 nitrogen and oxygen atoms in total. The van der Waals surface area contributed by atoms with Gasteiger partial charge in [0.1, 0.15) is 17.0 Å². The summed E-state index contributed by atoms with van der Waals surface area (Å²) < 4.78 is 13.3. The molecule has 0 aliphatic rings. The summed E-state index contributed by atoms with van der Waals surface area (Å²) in [6, 6.07) is 5.06. The van der Waals surface area contributed by atoms with E-state index in [1.807, 2.05) is 0 Å². The Kier molecular flexibility index (Phi) is 4.18. The quantitative estimate of drug-likeness (QED) is 0.688. The zero-order valence-corrected chi connectivity index (χ0v) is 11.6. The lowest BCUT2D eigenvalue weighted by atomic mass is 10.2. The monoisotopic (exact) mass is 308 g/mol. The third kappa shape index (κ3) is 3.34. The Bertz CT molecular complexity index is 736. The van der Waals surface area contributed by atoms with Gasteiger partial charge in [0.15, 0.2) is 0 Å². The molecule has 0 bridgehead atoms. The van der Waals surface area contributed by atoms with E-state index in [0.717, 1.165) is 24.0 Å². The summed E-state index contributed by atoms with van der Waals surface area (Å²) in [4.78, 5) is 25.4. The van der Waals surface area contributed by atoms with Crippen LogP contribution < -0.4 is 0 Å². The van der Waals surface area contributed by atoms with Crippen LogP contribution in [-0.2, 0) is 0 Å². The van der Waals surface area contributed by atoms with Crippen molar-refractivity contribution in [1.82, 2.24) is 4.98 Å². The van der Waals surface area contributed by atoms with Gasteiger partial charge in [-0.05, 0) is 30.7 Å². The molecule has 8 heteroatoms. The summed E-state index contributed by atoms with van der Waals surface area (Å²) in [5.74, 6) is -2.18. The first-order chi connectivity index (χ1) is 9.88. The number of rotatable bonds is 4. The number of halogens is 1. The number of carboxylic acids is 1. The number of aryl methyl sites for hydroxylation is 1. The molecule has 0 aliphatic heterocycles. The first-order valence-electron chi connectivity index (χ1n) is 5.70. The maximum atomic E-state index is 13.3. The Morgan fingerprint density at radius 2 is 2.14 bits per heavy atom. The number of aromatic carboxylic acids is 1. The van der Waals surface area contributed by atoms with Crippen molar-refractivity contribution in [3.63, 3.8) is 0 Å². The number of aromatic nitrogens is 1. The normalized spacial score (nSPS) is 10.4. The van der Waals surface area contributed by atoms with Crippen LogP contribution >= 0.6 is 11.8 Å². The SMILES string of the molecule is Cc1cc([N+](=O)[O-])cnc1Sc1ccc(F)c(C(=O)O)c1. The van der Waals surface area contributed by atoms with Gasteiger partial charge in [-0.1, -0.05) is 11.8 Å². The van der Waals surface area contributed by atoms with Crippen molar-refractivity contribution in [1.29, 1.82) is 0 Å². The molecule has 0 saturated heterocycles. The molecule has 0 radical (unpaired) electrons. The molecule has 0 fully saturated rings. The maximum Gasteiger partial charge on any atom is 0.338 e. The predicted octanol–water partition coefficient (Wildman–Crippen LogP) is 3.29. The lowest BCUT2D eigenvalue weighted by Gasteiger charge is -2.05. The fourth-order valence-electron chi connectivity index (χ4n) is 1.60. The number of nitro groups is 1. The van der Waals surface area contributed by atoms with Crippen molar-refractivity contribution in [3.8, 4) is 0 Å². The summed E-state index contributed by atoms with van der Waals surface area (Å²) >= 11 is 1.11. The van der Waals surface area contributed by atoms with Crippen LogP contribution in [0.4, 0.5) is 10.1 Å². The van der Waals surface area contributed by atoms with E-state index in [1.165, 1.54) is 18.2 Å². The minimum absolute atomic E-state index is 0.123. The van der Waals surface area contributed by atoms with Crippen LogP contribution in [0.3, 0.4) is 0 Å². The zero-order valence-electron chi connectivity index (χ0n) is 10.7. The molecule has 0 spiro atoms. The molecule has 0 saturated carbocycles. The number of hydrogen-bond acceptors (Lipinski definition) is 5. The van der Waals surface area contributed by atoms with Gasteiger partial charge in [-0.25, -0.2) is 14.2 Å². The molecule has 0 atom stereocenters. The molecule has 108 valence electrons. The van der Waals surface area contributed by atoms with Crippen molar-refractivity contribution in [2.24, 2.45) is 0 Å². The molecular formula is C13H9FN2O4S. The minimum Gasteiger partial charge on any atom is -0.478 e.